The molecule has 1 amide bonds. The summed E-state index contributed by atoms with van der Waals surface area (Å²) in [5, 5.41) is 45.4. The predicted octanol–water partition coefficient (Wildman–Crippen LogP) is 1.59. The van der Waals surface area contributed by atoms with Gasteiger partial charge in [-0.1, -0.05) is 6.92 Å². The number of benzene rings is 1. The summed E-state index contributed by atoms with van der Waals surface area (Å²) in [5.74, 6) is -7.67. The van der Waals surface area contributed by atoms with Gasteiger partial charge >= 0.3 is 0 Å². The number of amides is 1. The van der Waals surface area contributed by atoms with E-state index in [-0.39, 0.29) is 47.3 Å². The van der Waals surface area contributed by atoms with E-state index in [9.17, 15) is 34.8 Å². The molecule has 6 N–H and O–H groups in total. The summed E-state index contributed by atoms with van der Waals surface area (Å²) >= 11 is 0. The number of aliphatic hydroxyl groups is 3. The fourth-order valence-corrected chi connectivity index (χ4v) is 8.29. The van der Waals surface area contributed by atoms with Gasteiger partial charge in [0.1, 0.15) is 28.7 Å². The van der Waals surface area contributed by atoms with Crippen molar-refractivity contribution in [2.75, 3.05) is 27.2 Å². The van der Waals surface area contributed by atoms with Crippen LogP contribution < -0.4 is 5.73 Å². The van der Waals surface area contributed by atoms with Crippen LogP contribution in [-0.4, -0.2) is 86.5 Å². The number of likely N-dealkylation sites (N-methyl/N-ethyl adjacent to an activating group) is 1. The highest BCUT2D eigenvalue weighted by atomic mass is 19.1. The van der Waals surface area contributed by atoms with Crippen molar-refractivity contribution in [3.63, 3.8) is 0 Å². The van der Waals surface area contributed by atoms with Gasteiger partial charge in [0.25, 0.3) is 5.91 Å². The lowest BCUT2D eigenvalue weighted by molar-refractivity contribution is -0.148. The number of aromatic hydroxyl groups is 1. The maximum absolute atomic E-state index is 16.4. The van der Waals surface area contributed by atoms with E-state index in [1.54, 1.807) is 14.1 Å². The van der Waals surface area contributed by atoms with Crippen LogP contribution in [-0.2, 0) is 22.4 Å². The van der Waals surface area contributed by atoms with Crippen LogP contribution in [0, 0.1) is 23.6 Å². The zero-order chi connectivity index (χ0) is 29.0. The van der Waals surface area contributed by atoms with Gasteiger partial charge in [0, 0.05) is 34.2 Å². The summed E-state index contributed by atoms with van der Waals surface area (Å²) in [7, 11) is 3.13. The number of halogens is 1. The number of phenolic OH excluding ortho intramolecular Hbond substituents is 1. The second-order valence-electron chi connectivity index (χ2n) is 12.1. The molecule has 6 atom stereocenters. The van der Waals surface area contributed by atoms with Gasteiger partial charge in [0.15, 0.2) is 11.4 Å². The largest absolute Gasteiger partial charge is 0.510 e. The molecule has 0 spiro atoms. The van der Waals surface area contributed by atoms with Gasteiger partial charge in [-0.3, -0.25) is 24.2 Å². The molecular formula is C29H34FN3O7. The van der Waals surface area contributed by atoms with Gasteiger partial charge in [-0.05, 0) is 71.1 Å². The molecule has 5 aliphatic rings. The van der Waals surface area contributed by atoms with Crippen molar-refractivity contribution in [3.8, 4) is 5.75 Å². The maximum atomic E-state index is 16.4. The summed E-state index contributed by atoms with van der Waals surface area (Å²) in [6, 6.07) is -1.27. The minimum atomic E-state index is -2.72. The highest BCUT2D eigenvalue weighted by Crippen LogP contribution is 2.56. The normalized spacial score (nSPS) is 33.2. The second-order valence-corrected chi connectivity index (χ2v) is 12.1. The highest BCUT2D eigenvalue weighted by molar-refractivity contribution is 6.24. The Bertz CT molecular complexity index is 1450. The molecule has 1 aromatic carbocycles. The van der Waals surface area contributed by atoms with Crippen molar-refractivity contribution in [2.24, 2.45) is 23.5 Å². The fourth-order valence-electron chi connectivity index (χ4n) is 8.29. The number of primary amides is 1. The summed E-state index contributed by atoms with van der Waals surface area (Å²) in [5.41, 5.74) is 2.17. The third-order valence-electron chi connectivity index (χ3n) is 9.87. The number of Topliss-reactive ketones (excluding diaryl/α,β-unsaturated/α-hetero) is 2. The van der Waals surface area contributed by atoms with Gasteiger partial charge in [0.2, 0.25) is 5.78 Å². The van der Waals surface area contributed by atoms with Crippen LogP contribution in [0.1, 0.15) is 59.3 Å². The number of nitrogens with two attached hydrogens (primary N) is 1. The lowest BCUT2D eigenvalue weighted by atomic mass is 9.58. The molecule has 0 radical (unpaired) electrons. The maximum Gasteiger partial charge on any atom is 0.255 e. The van der Waals surface area contributed by atoms with E-state index < -0.39 is 63.9 Å². The molecule has 6 rings (SSSR count). The standard InChI is InChI=1S/C29H34FN3O7/c1-4-6-33-7-5-11-8-14-17(21(11)33)20(30)13-9-12-10-15-22(32(2)3)25(36)19(28(31)39)27(38)29(15,40)26(37)16(12)24(35)18(13)23(14)34/h11-12,15,21-22,34,36-37,40H,4-10H2,1-3H3,(H2,31,39)/t11?,12-,15-,21?,22-,29-/m0/s1. The number of fused-ring (bicyclic) bond motifs is 6. The number of hydrogen-bond acceptors (Lipinski definition) is 9. The van der Waals surface area contributed by atoms with Crippen LogP contribution in [0.3, 0.4) is 0 Å². The average Bonchev–Trinajstić information content (AvgIpc) is 3.45. The monoisotopic (exact) mass is 555 g/mol. The summed E-state index contributed by atoms with van der Waals surface area (Å²) in [6.45, 7) is 3.70. The van der Waals surface area contributed by atoms with E-state index in [0.717, 1.165) is 25.9 Å². The van der Waals surface area contributed by atoms with Crippen LogP contribution >= 0.6 is 0 Å². The Morgan fingerprint density at radius 3 is 2.50 bits per heavy atom. The minimum Gasteiger partial charge on any atom is -0.510 e. The first kappa shape index (κ1) is 26.9. The third-order valence-corrected chi connectivity index (χ3v) is 9.87. The molecule has 1 aromatic rings. The Labute approximate surface area is 230 Å². The smallest absolute Gasteiger partial charge is 0.255 e. The zero-order valence-corrected chi connectivity index (χ0v) is 22.7. The number of likely N-dealkylation sites (tertiary alicyclic amines) is 1. The Morgan fingerprint density at radius 2 is 1.88 bits per heavy atom. The van der Waals surface area contributed by atoms with Gasteiger partial charge in [0.05, 0.1) is 11.6 Å². The lowest BCUT2D eigenvalue weighted by Crippen LogP contribution is -2.63. The Balaban J connectivity index is 1.52. The third kappa shape index (κ3) is 3.22. The van der Waals surface area contributed by atoms with Gasteiger partial charge in [-0.15, -0.1) is 0 Å². The minimum absolute atomic E-state index is 0.0492. The molecule has 1 fully saturated rings. The van der Waals surface area contributed by atoms with Crippen molar-refractivity contribution >= 4 is 17.5 Å². The molecular weight excluding hydrogens is 521 g/mol. The lowest BCUT2D eigenvalue weighted by Gasteiger charge is -2.50. The zero-order valence-electron chi connectivity index (χ0n) is 22.7. The van der Waals surface area contributed by atoms with Gasteiger partial charge in [-0.25, -0.2) is 4.39 Å². The number of rotatable bonds is 4. The van der Waals surface area contributed by atoms with E-state index in [0.29, 0.717) is 17.5 Å². The highest BCUT2D eigenvalue weighted by Gasteiger charge is 2.63. The summed E-state index contributed by atoms with van der Waals surface area (Å²) in [4.78, 5) is 43.2. The Kier molecular flexibility index (Phi) is 5.96. The SMILES string of the molecule is CCCN1CCC2Cc3c(O)c4c(c(F)c3C21)C[C@H]1C[C@H]2[C@H](N(C)C)C(O)=C(C(N)=O)C(=O)[C@@]2(O)C(O)=C1C4=O. The van der Waals surface area contributed by atoms with Crippen LogP contribution in [0.15, 0.2) is 22.7 Å². The van der Waals surface area contributed by atoms with Crippen LogP contribution in [0.2, 0.25) is 0 Å². The molecule has 4 aliphatic carbocycles. The van der Waals surface area contributed by atoms with E-state index in [1.165, 1.54) is 4.90 Å². The number of aliphatic hydroxyl groups excluding tert-OH is 2. The fraction of sp³-hybridized carbons (Fsp3) is 0.552. The molecule has 0 aromatic heterocycles. The van der Waals surface area contributed by atoms with E-state index in [2.05, 4.69) is 11.8 Å². The van der Waals surface area contributed by atoms with Crippen molar-refractivity contribution in [1.29, 1.82) is 0 Å². The van der Waals surface area contributed by atoms with Gasteiger partial charge < -0.3 is 26.2 Å². The van der Waals surface area contributed by atoms with Crippen LogP contribution in [0.5, 0.6) is 5.75 Å². The summed E-state index contributed by atoms with van der Waals surface area (Å²) in [6.07, 6.45) is 2.06. The van der Waals surface area contributed by atoms with Gasteiger partial charge in [-0.2, -0.15) is 0 Å². The number of carbonyl (C=O) groups excluding carboxylic acids is 3. The number of ketones is 2. The van der Waals surface area contributed by atoms with Crippen LogP contribution in [0.4, 0.5) is 4.39 Å². The number of phenols is 1. The molecule has 11 heteroatoms. The molecule has 1 aliphatic heterocycles. The molecule has 214 valence electrons. The molecule has 2 unspecified atom stereocenters. The van der Waals surface area contributed by atoms with E-state index in [1.807, 2.05) is 0 Å². The van der Waals surface area contributed by atoms with Crippen molar-refractivity contribution in [1.82, 2.24) is 9.80 Å². The second kappa shape index (κ2) is 8.86. The van der Waals surface area contributed by atoms with E-state index >= 15 is 4.39 Å². The molecule has 40 heavy (non-hydrogen) atoms. The van der Waals surface area contributed by atoms with Crippen molar-refractivity contribution in [2.45, 2.75) is 56.7 Å². The number of carbonyl (C=O) groups is 3. The molecule has 10 nitrogen and oxygen atoms in total. The molecule has 1 heterocycles. The van der Waals surface area contributed by atoms with Crippen molar-refractivity contribution < 1.29 is 39.2 Å². The Hall–Kier alpha value is -3.28. The predicted molar refractivity (Wildman–Crippen MR) is 140 cm³/mol. The number of hydrogen-bond donors (Lipinski definition) is 5. The first-order chi connectivity index (χ1) is 18.9. The van der Waals surface area contributed by atoms with E-state index in [4.69, 9.17) is 5.73 Å². The topological polar surface area (TPSA) is 165 Å². The Morgan fingerprint density at radius 1 is 1.18 bits per heavy atom. The molecule has 0 bridgehead atoms. The first-order valence-corrected chi connectivity index (χ1v) is 13.8. The number of nitrogens with zero attached hydrogens (tertiary/aromatic N) is 2. The summed E-state index contributed by atoms with van der Waals surface area (Å²) < 4.78 is 16.4. The molecule has 1 saturated heterocycles. The molecule has 0 saturated carbocycles. The average molecular weight is 556 g/mol. The van der Waals surface area contributed by atoms with Crippen molar-refractivity contribution in [3.05, 3.63) is 50.7 Å². The first-order valence-electron chi connectivity index (χ1n) is 13.8. The number of allylic oxidation sites excluding steroid dienone is 1. The quantitative estimate of drug-likeness (QED) is 0.347. The van der Waals surface area contributed by atoms with Crippen LogP contribution in [0.25, 0.3) is 0 Å².